The number of hydrogen-bond donors (Lipinski definition) is 1. The SMILES string of the molecule is COc1cc(NC(C)=O)c(Cl)cc1C(=O)O[C@@H](C(=O)c1ccc(C)c(C)c1)c1ccccc1. The smallest absolute Gasteiger partial charge is 0.343 e. The first-order valence-corrected chi connectivity index (χ1v) is 10.6. The molecule has 0 saturated heterocycles. The Bertz CT molecular complexity index is 1210. The molecule has 7 heteroatoms. The van der Waals surface area contributed by atoms with Gasteiger partial charge in [0.15, 0.2) is 6.10 Å². The molecule has 0 aliphatic carbocycles. The number of methoxy groups -OCH3 is 1. The Balaban J connectivity index is 1.99. The van der Waals surface area contributed by atoms with Crippen LogP contribution in [0.15, 0.2) is 60.7 Å². The Labute approximate surface area is 197 Å². The molecule has 0 bridgehead atoms. The van der Waals surface area contributed by atoms with Crippen molar-refractivity contribution in [3.63, 3.8) is 0 Å². The van der Waals surface area contributed by atoms with Crippen molar-refractivity contribution in [3.8, 4) is 5.75 Å². The summed E-state index contributed by atoms with van der Waals surface area (Å²) in [5, 5.41) is 2.71. The van der Waals surface area contributed by atoms with Gasteiger partial charge in [-0.05, 0) is 37.1 Å². The van der Waals surface area contributed by atoms with Gasteiger partial charge in [-0.3, -0.25) is 9.59 Å². The van der Waals surface area contributed by atoms with Gasteiger partial charge in [-0.25, -0.2) is 4.79 Å². The lowest BCUT2D eigenvalue weighted by Crippen LogP contribution is -2.21. The van der Waals surface area contributed by atoms with Crippen molar-refractivity contribution in [2.75, 3.05) is 12.4 Å². The van der Waals surface area contributed by atoms with Gasteiger partial charge in [0.2, 0.25) is 11.7 Å². The Morgan fingerprint density at radius 1 is 0.939 bits per heavy atom. The number of nitrogens with one attached hydrogen (secondary N) is 1. The number of hydrogen-bond acceptors (Lipinski definition) is 5. The number of ketones is 1. The summed E-state index contributed by atoms with van der Waals surface area (Å²) in [5.41, 5.74) is 3.31. The zero-order valence-corrected chi connectivity index (χ0v) is 19.5. The van der Waals surface area contributed by atoms with Gasteiger partial charge in [0.05, 0.1) is 17.8 Å². The minimum absolute atomic E-state index is 0.0328. The predicted molar refractivity (Wildman–Crippen MR) is 127 cm³/mol. The van der Waals surface area contributed by atoms with E-state index in [1.807, 2.05) is 26.0 Å². The lowest BCUT2D eigenvalue weighted by Gasteiger charge is -2.19. The van der Waals surface area contributed by atoms with E-state index in [0.29, 0.717) is 16.8 Å². The number of amides is 1. The molecule has 0 saturated carbocycles. The van der Waals surface area contributed by atoms with E-state index in [1.165, 1.54) is 26.2 Å². The molecule has 1 atom stereocenters. The summed E-state index contributed by atoms with van der Waals surface area (Å²) < 4.78 is 11.0. The van der Waals surface area contributed by atoms with Gasteiger partial charge in [-0.15, -0.1) is 0 Å². The van der Waals surface area contributed by atoms with Crippen molar-refractivity contribution in [2.45, 2.75) is 26.9 Å². The van der Waals surface area contributed by atoms with E-state index < -0.39 is 12.1 Å². The van der Waals surface area contributed by atoms with Gasteiger partial charge >= 0.3 is 5.97 Å². The van der Waals surface area contributed by atoms with Crippen molar-refractivity contribution >= 4 is 34.9 Å². The predicted octanol–water partition coefficient (Wildman–Crippen LogP) is 5.70. The van der Waals surface area contributed by atoms with Gasteiger partial charge in [0.25, 0.3) is 0 Å². The molecule has 33 heavy (non-hydrogen) atoms. The average Bonchev–Trinajstić information content (AvgIpc) is 2.80. The summed E-state index contributed by atoms with van der Waals surface area (Å²) in [4.78, 5) is 37.9. The molecule has 0 heterocycles. The van der Waals surface area contributed by atoms with Crippen LogP contribution in [0.25, 0.3) is 0 Å². The van der Waals surface area contributed by atoms with E-state index in [2.05, 4.69) is 5.32 Å². The first kappa shape index (κ1) is 24.0. The minimum atomic E-state index is -1.17. The van der Waals surface area contributed by atoms with Crippen molar-refractivity contribution in [1.82, 2.24) is 0 Å². The number of anilines is 1. The molecule has 3 rings (SSSR count). The van der Waals surface area contributed by atoms with E-state index in [0.717, 1.165) is 11.1 Å². The molecule has 0 spiro atoms. The summed E-state index contributed by atoms with van der Waals surface area (Å²) in [6.07, 6.45) is -1.17. The molecule has 0 aromatic heterocycles. The fraction of sp³-hybridized carbons (Fsp3) is 0.192. The molecule has 1 N–H and O–H groups in total. The fourth-order valence-corrected chi connectivity index (χ4v) is 3.50. The lowest BCUT2D eigenvalue weighted by atomic mass is 9.97. The van der Waals surface area contributed by atoms with Crippen LogP contribution in [-0.4, -0.2) is 24.8 Å². The number of carbonyl (C=O) groups excluding carboxylic acids is 3. The molecule has 1 amide bonds. The Hall–Kier alpha value is -3.64. The largest absolute Gasteiger partial charge is 0.496 e. The summed E-state index contributed by atoms with van der Waals surface area (Å²) >= 11 is 6.25. The van der Waals surface area contributed by atoms with E-state index in [4.69, 9.17) is 21.1 Å². The molecule has 3 aromatic carbocycles. The van der Waals surface area contributed by atoms with Crippen LogP contribution in [0.2, 0.25) is 5.02 Å². The molecule has 0 aliphatic rings. The van der Waals surface area contributed by atoms with Crippen LogP contribution in [0.5, 0.6) is 5.75 Å². The van der Waals surface area contributed by atoms with Crippen LogP contribution >= 0.6 is 11.6 Å². The highest BCUT2D eigenvalue weighted by atomic mass is 35.5. The van der Waals surface area contributed by atoms with E-state index in [1.54, 1.807) is 36.4 Å². The molecular weight excluding hydrogens is 442 g/mol. The third kappa shape index (κ3) is 5.59. The molecule has 0 unspecified atom stereocenters. The number of esters is 1. The standard InChI is InChI=1S/C26H24ClNO5/c1-15-10-11-19(12-16(15)2)24(30)25(18-8-6-5-7-9-18)33-26(31)20-13-21(27)22(28-17(3)29)14-23(20)32-4/h5-14,25H,1-4H3,(H,28,29)/t25-/m1/s1. The van der Waals surface area contributed by atoms with Gasteiger partial charge < -0.3 is 14.8 Å². The van der Waals surface area contributed by atoms with Crippen LogP contribution < -0.4 is 10.1 Å². The summed E-state index contributed by atoms with van der Waals surface area (Å²) in [6, 6.07) is 16.9. The molecule has 0 radical (unpaired) electrons. The zero-order chi connectivity index (χ0) is 24.1. The van der Waals surface area contributed by atoms with Gasteiger partial charge in [-0.1, -0.05) is 54.1 Å². The minimum Gasteiger partial charge on any atom is -0.496 e. The van der Waals surface area contributed by atoms with Gasteiger partial charge in [0, 0.05) is 24.1 Å². The van der Waals surface area contributed by atoms with E-state index in [-0.39, 0.29) is 28.0 Å². The third-order valence-electron chi connectivity index (χ3n) is 5.18. The monoisotopic (exact) mass is 465 g/mol. The number of ether oxygens (including phenoxy) is 2. The maximum Gasteiger partial charge on any atom is 0.343 e. The van der Waals surface area contributed by atoms with E-state index in [9.17, 15) is 14.4 Å². The highest BCUT2D eigenvalue weighted by Gasteiger charge is 2.28. The number of rotatable bonds is 7. The zero-order valence-electron chi connectivity index (χ0n) is 18.8. The number of aryl methyl sites for hydroxylation is 2. The normalized spacial score (nSPS) is 11.4. The van der Waals surface area contributed by atoms with Crippen LogP contribution in [0.3, 0.4) is 0 Å². The molecule has 170 valence electrons. The summed E-state index contributed by atoms with van der Waals surface area (Å²) in [6.45, 7) is 5.21. The molecular formula is C26H24ClNO5. The van der Waals surface area contributed by atoms with Crippen LogP contribution in [0.1, 0.15) is 50.4 Å². The molecule has 0 fully saturated rings. The van der Waals surface area contributed by atoms with Crippen molar-refractivity contribution in [2.24, 2.45) is 0 Å². The Morgan fingerprint density at radius 3 is 2.24 bits per heavy atom. The highest BCUT2D eigenvalue weighted by molar-refractivity contribution is 6.34. The second-order valence-corrected chi connectivity index (χ2v) is 7.98. The Morgan fingerprint density at radius 2 is 1.64 bits per heavy atom. The maximum atomic E-state index is 13.4. The second-order valence-electron chi connectivity index (χ2n) is 7.57. The summed E-state index contributed by atoms with van der Waals surface area (Å²) in [7, 11) is 1.38. The van der Waals surface area contributed by atoms with Crippen molar-refractivity contribution in [3.05, 3.63) is 93.5 Å². The van der Waals surface area contributed by atoms with Gasteiger partial charge in [-0.2, -0.15) is 0 Å². The highest BCUT2D eigenvalue weighted by Crippen LogP contribution is 2.33. The number of benzene rings is 3. The van der Waals surface area contributed by atoms with Crippen molar-refractivity contribution in [1.29, 1.82) is 0 Å². The molecule has 0 aliphatic heterocycles. The molecule has 3 aromatic rings. The quantitative estimate of drug-likeness (QED) is 0.357. The van der Waals surface area contributed by atoms with Crippen LogP contribution in [0, 0.1) is 13.8 Å². The first-order valence-electron chi connectivity index (χ1n) is 10.2. The van der Waals surface area contributed by atoms with E-state index >= 15 is 0 Å². The Kier molecular flexibility index (Phi) is 7.51. The van der Waals surface area contributed by atoms with Gasteiger partial charge in [0.1, 0.15) is 11.3 Å². The molecule has 6 nitrogen and oxygen atoms in total. The van der Waals surface area contributed by atoms with Crippen LogP contribution in [0.4, 0.5) is 5.69 Å². The third-order valence-corrected chi connectivity index (χ3v) is 5.49. The summed E-state index contributed by atoms with van der Waals surface area (Å²) in [5.74, 6) is -1.30. The number of halogens is 1. The fourth-order valence-electron chi connectivity index (χ4n) is 3.28. The first-order chi connectivity index (χ1) is 15.7. The number of carbonyl (C=O) groups is 3. The average molecular weight is 466 g/mol. The topological polar surface area (TPSA) is 81.7 Å². The number of Topliss-reactive ketones (excluding diaryl/α,β-unsaturated/α-hetero) is 1. The maximum absolute atomic E-state index is 13.4. The van der Waals surface area contributed by atoms with Crippen LogP contribution in [-0.2, 0) is 9.53 Å². The second kappa shape index (κ2) is 10.3. The lowest BCUT2D eigenvalue weighted by molar-refractivity contribution is -0.114. The van der Waals surface area contributed by atoms with Crippen molar-refractivity contribution < 1.29 is 23.9 Å².